The number of benzene rings is 2. The maximum Gasteiger partial charge on any atom is 0.174 e. The van der Waals surface area contributed by atoms with Crippen LogP contribution in [-0.2, 0) is 11.9 Å². The van der Waals surface area contributed by atoms with E-state index in [1.807, 2.05) is 61.6 Å². The van der Waals surface area contributed by atoms with E-state index in [0.717, 1.165) is 39.6 Å². The number of ether oxygens (including phenoxy) is 1. The van der Waals surface area contributed by atoms with Gasteiger partial charge in [0.1, 0.15) is 11.6 Å². The molecule has 0 radical (unpaired) electrons. The highest BCUT2D eigenvalue weighted by molar-refractivity contribution is 5.81. The molecule has 0 fully saturated rings. The van der Waals surface area contributed by atoms with Gasteiger partial charge in [-0.05, 0) is 49.4 Å². The van der Waals surface area contributed by atoms with Gasteiger partial charge in [-0.25, -0.2) is 9.99 Å². The van der Waals surface area contributed by atoms with E-state index < -0.39 is 0 Å². The third kappa shape index (κ3) is 2.37. The zero-order valence-corrected chi connectivity index (χ0v) is 13.8. The summed E-state index contributed by atoms with van der Waals surface area (Å²) >= 11 is 0. The number of aromatic nitrogens is 2. The Labute approximate surface area is 139 Å². The smallest absolute Gasteiger partial charge is 0.174 e. The van der Waals surface area contributed by atoms with Gasteiger partial charge in [-0.2, -0.15) is 0 Å². The van der Waals surface area contributed by atoms with Crippen molar-refractivity contribution in [1.82, 2.24) is 15.1 Å². The molecule has 0 aliphatic carbocycles. The van der Waals surface area contributed by atoms with Gasteiger partial charge in [-0.15, -0.1) is 0 Å². The molecular weight excluding hydrogens is 304 g/mol. The number of anilines is 1. The van der Waals surface area contributed by atoms with Crippen LogP contribution < -0.4 is 15.3 Å². The van der Waals surface area contributed by atoms with Crippen molar-refractivity contribution >= 4 is 22.5 Å². The van der Waals surface area contributed by atoms with Crippen LogP contribution in [0.2, 0.25) is 0 Å². The fraction of sp³-hybridized carbons (Fsp3) is 0.167. The van der Waals surface area contributed by atoms with Crippen molar-refractivity contribution < 1.29 is 9.57 Å². The molecule has 4 rings (SSSR count). The van der Waals surface area contributed by atoms with Crippen LogP contribution in [0.25, 0.3) is 16.8 Å². The molecule has 3 aromatic rings. The number of methoxy groups -OCH3 is 1. The summed E-state index contributed by atoms with van der Waals surface area (Å²) in [6.07, 6.45) is 1.92. The number of hydrogen-bond acceptors (Lipinski definition) is 5. The van der Waals surface area contributed by atoms with Gasteiger partial charge >= 0.3 is 0 Å². The van der Waals surface area contributed by atoms with Gasteiger partial charge in [-0.3, -0.25) is 0 Å². The first-order valence-corrected chi connectivity index (χ1v) is 7.67. The van der Waals surface area contributed by atoms with Gasteiger partial charge in [0, 0.05) is 12.6 Å². The molecule has 1 aliphatic rings. The molecule has 1 aliphatic heterocycles. The van der Waals surface area contributed by atoms with Crippen LogP contribution in [-0.4, -0.2) is 16.7 Å². The predicted molar refractivity (Wildman–Crippen MR) is 93.1 cm³/mol. The normalized spacial score (nSPS) is 14.0. The topological polar surface area (TPSA) is 51.5 Å². The van der Waals surface area contributed by atoms with Gasteiger partial charge in [-0.1, -0.05) is 5.59 Å². The molecule has 0 saturated heterocycles. The van der Waals surface area contributed by atoms with Crippen molar-refractivity contribution in [2.75, 3.05) is 12.1 Å². The zero-order chi connectivity index (χ0) is 16.7. The van der Waals surface area contributed by atoms with E-state index in [1.165, 1.54) is 0 Å². The lowest BCUT2D eigenvalue weighted by Gasteiger charge is -2.13. The van der Waals surface area contributed by atoms with E-state index in [4.69, 9.17) is 9.57 Å². The van der Waals surface area contributed by atoms with Gasteiger partial charge in [0.2, 0.25) is 0 Å². The summed E-state index contributed by atoms with van der Waals surface area (Å²) in [5, 5.41) is 1.82. The Morgan fingerprint density at radius 1 is 1.12 bits per heavy atom. The molecule has 1 aromatic heterocycles. The van der Waals surface area contributed by atoms with Crippen LogP contribution in [0.1, 0.15) is 11.4 Å². The second kappa shape index (κ2) is 5.58. The molecule has 0 spiro atoms. The van der Waals surface area contributed by atoms with Crippen LogP contribution in [0.3, 0.4) is 0 Å². The lowest BCUT2D eigenvalue weighted by atomic mass is 10.1. The van der Waals surface area contributed by atoms with Crippen LogP contribution in [0.5, 0.6) is 5.75 Å². The summed E-state index contributed by atoms with van der Waals surface area (Å²) in [6.45, 7) is 2.00. The standard InChI is InChI=1S/C18H18N4O2/c1-12-19-16-10-13(4-9-17(16)21(12)2)18-11-22(20-24-18)14-5-7-15(23-3)8-6-14/h4-11,20H,1-3H3. The third-order valence-electron chi connectivity index (χ3n) is 4.24. The van der Waals surface area contributed by atoms with Crippen molar-refractivity contribution in [2.24, 2.45) is 7.05 Å². The van der Waals surface area contributed by atoms with E-state index >= 15 is 0 Å². The van der Waals surface area contributed by atoms with Gasteiger partial charge < -0.3 is 14.1 Å². The number of aryl methyl sites for hydroxylation is 2. The second-order valence-corrected chi connectivity index (χ2v) is 5.68. The van der Waals surface area contributed by atoms with Crippen molar-refractivity contribution in [3.8, 4) is 5.75 Å². The first kappa shape index (κ1) is 14.6. The fourth-order valence-corrected chi connectivity index (χ4v) is 2.75. The first-order valence-electron chi connectivity index (χ1n) is 7.67. The minimum absolute atomic E-state index is 0.746. The molecule has 122 valence electrons. The summed E-state index contributed by atoms with van der Waals surface area (Å²) in [5.41, 5.74) is 6.90. The summed E-state index contributed by atoms with van der Waals surface area (Å²) in [6, 6.07) is 13.9. The zero-order valence-electron chi connectivity index (χ0n) is 13.8. The molecule has 2 aromatic carbocycles. The predicted octanol–water partition coefficient (Wildman–Crippen LogP) is 3.15. The Morgan fingerprint density at radius 2 is 1.92 bits per heavy atom. The molecule has 0 atom stereocenters. The van der Waals surface area contributed by atoms with Gasteiger partial charge in [0.15, 0.2) is 5.76 Å². The largest absolute Gasteiger partial charge is 0.497 e. The summed E-state index contributed by atoms with van der Waals surface area (Å²) in [5.74, 6) is 2.55. The number of imidazole rings is 1. The Bertz CT molecular complexity index is 928. The summed E-state index contributed by atoms with van der Waals surface area (Å²) in [4.78, 5) is 10.2. The average Bonchev–Trinajstić information content (AvgIpc) is 3.20. The highest BCUT2D eigenvalue weighted by Crippen LogP contribution is 2.27. The van der Waals surface area contributed by atoms with Gasteiger partial charge in [0.05, 0.1) is 30.0 Å². The van der Waals surface area contributed by atoms with Crippen LogP contribution in [0.4, 0.5) is 5.69 Å². The number of fused-ring (bicyclic) bond motifs is 1. The Hall–Kier alpha value is -2.99. The lowest BCUT2D eigenvalue weighted by Crippen LogP contribution is -2.26. The molecule has 0 unspecified atom stereocenters. The molecular formula is C18H18N4O2. The fourth-order valence-electron chi connectivity index (χ4n) is 2.75. The van der Waals surface area contributed by atoms with E-state index in [-0.39, 0.29) is 0 Å². The van der Waals surface area contributed by atoms with Crippen molar-refractivity contribution in [3.05, 3.63) is 60.1 Å². The van der Waals surface area contributed by atoms with Crippen molar-refractivity contribution in [2.45, 2.75) is 6.92 Å². The van der Waals surface area contributed by atoms with Crippen molar-refractivity contribution in [3.63, 3.8) is 0 Å². The molecule has 0 saturated carbocycles. The number of nitrogens with one attached hydrogen (secondary N) is 1. The number of hydrazine groups is 1. The molecule has 6 heteroatoms. The summed E-state index contributed by atoms with van der Waals surface area (Å²) < 4.78 is 7.25. The number of hydrogen-bond donors (Lipinski definition) is 1. The van der Waals surface area contributed by atoms with Crippen LogP contribution >= 0.6 is 0 Å². The molecule has 1 N–H and O–H groups in total. The van der Waals surface area contributed by atoms with Crippen LogP contribution in [0, 0.1) is 6.92 Å². The maximum absolute atomic E-state index is 5.62. The van der Waals surface area contributed by atoms with Crippen molar-refractivity contribution in [1.29, 1.82) is 0 Å². The van der Waals surface area contributed by atoms with Crippen LogP contribution in [0.15, 0.2) is 48.7 Å². The quantitative estimate of drug-likeness (QED) is 0.803. The first-order chi connectivity index (χ1) is 11.7. The number of nitrogens with zero attached hydrogens (tertiary/aromatic N) is 3. The Balaban J connectivity index is 1.64. The van der Waals surface area contributed by atoms with E-state index in [9.17, 15) is 0 Å². The highest BCUT2D eigenvalue weighted by atomic mass is 16.7. The van der Waals surface area contributed by atoms with E-state index in [1.54, 1.807) is 7.11 Å². The van der Waals surface area contributed by atoms with E-state index in [2.05, 4.69) is 21.2 Å². The SMILES string of the molecule is COc1ccc(N2C=C(c3ccc4c(c3)nc(C)n4C)ON2)cc1. The Kier molecular flexibility index (Phi) is 3.39. The molecule has 0 amide bonds. The second-order valence-electron chi connectivity index (χ2n) is 5.68. The van der Waals surface area contributed by atoms with E-state index in [0.29, 0.717) is 0 Å². The Morgan fingerprint density at radius 3 is 2.67 bits per heavy atom. The molecule has 24 heavy (non-hydrogen) atoms. The van der Waals surface area contributed by atoms with Gasteiger partial charge in [0.25, 0.3) is 0 Å². The average molecular weight is 322 g/mol. The summed E-state index contributed by atoms with van der Waals surface area (Å²) in [7, 11) is 3.67. The lowest BCUT2D eigenvalue weighted by molar-refractivity contribution is 0.180. The monoisotopic (exact) mass is 322 g/mol. The molecule has 6 nitrogen and oxygen atoms in total. The minimum Gasteiger partial charge on any atom is -0.497 e. The molecule has 2 heterocycles. The third-order valence-corrected chi connectivity index (χ3v) is 4.24. The minimum atomic E-state index is 0.746. The maximum atomic E-state index is 5.62. The number of rotatable bonds is 3. The molecule has 0 bridgehead atoms. The highest BCUT2D eigenvalue weighted by Gasteiger charge is 2.18.